The van der Waals surface area contributed by atoms with E-state index in [-0.39, 0.29) is 42.5 Å². The van der Waals surface area contributed by atoms with Crippen LogP contribution in [-0.2, 0) is 16.1 Å². The van der Waals surface area contributed by atoms with Gasteiger partial charge in [0.15, 0.2) is 0 Å². The van der Waals surface area contributed by atoms with Crippen molar-refractivity contribution in [3.63, 3.8) is 0 Å². The summed E-state index contributed by atoms with van der Waals surface area (Å²) in [6.07, 6.45) is 8.06. The second-order valence-corrected chi connectivity index (χ2v) is 10.9. The zero-order valence-corrected chi connectivity index (χ0v) is 21.2. The number of nitrogens with zero attached hydrogens (tertiary/aromatic N) is 2. The Balaban J connectivity index is 1.28. The van der Waals surface area contributed by atoms with Gasteiger partial charge in [0.1, 0.15) is 6.61 Å². The molecule has 3 aromatic rings. The summed E-state index contributed by atoms with van der Waals surface area (Å²) in [5.41, 5.74) is 9.78. The molecule has 2 amide bonds. The quantitative estimate of drug-likeness (QED) is 0.527. The number of nitrogens with two attached hydrogens (primary N) is 1. The van der Waals surface area contributed by atoms with Crippen molar-refractivity contribution in [1.29, 1.82) is 0 Å². The maximum atomic E-state index is 13.8. The molecule has 3 heterocycles. The van der Waals surface area contributed by atoms with E-state index in [0.29, 0.717) is 13.1 Å². The first-order valence-corrected chi connectivity index (χ1v) is 13.7. The Morgan fingerprint density at radius 2 is 1.73 bits per heavy atom. The van der Waals surface area contributed by atoms with Crippen LogP contribution in [0.15, 0.2) is 60.8 Å². The number of rotatable bonds is 5. The smallest absolute Gasteiger partial charge is 0.410 e. The Labute approximate surface area is 217 Å². The van der Waals surface area contributed by atoms with Crippen molar-refractivity contribution in [3.05, 3.63) is 71.9 Å². The molecule has 6 rings (SSSR count). The van der Waals surface area contributed by atoms with Crippen LogP contribution in [0.2, 0.25) is 0 Å². The zero-order valence-electron chi connectivity index (χ0n) is 21.2. The van der Waals surface area contributed by atoms with Gasteiger partial charge in [-0.1, -0.05) is 67.8 Å². The molecule has 7 heteroatoms. The number of carbonyl (C=O) groups is 2. The lowest BCUT2D eigenvalue weighted by molar-refractivity contribution is -0.135. The third-order valence-corrected chi connectivity index (χ3v) is 8.81. The normalized spacial score (nSPS) is 24.8. The predicted octanol–water partition coefficient (Wildman–Crippen LogP) is 4.78. The molecule has 194 valence electrons. The first kappa shape index (κ1) is 24.0. The number of hydrogen-bond acceptors (Lipinski definition) is 4. The Bertz CT molecular complexity index is 1250. The summed E-state index contributed by atoms with van der Waals surface area (Å²) in [4.78, 5) is 34.4. The number of ether oxygens (including phenoxy) is 1. The van der Waals surface area contributed by atoms with Crippen LogP contribution in [0, 0.1) is 5.92 Å². The van der Waals surface area contributed by atoms with Crippen molar-refractivity contribution >= 4 is 22.9 Å². The minimum Gasteiger partial charge on any atom is -0.445 e. The molecule has 2 aromatic carbocycles. The molecule has 1 aromatic heterocycles. The van der Waals surface area contributed by atoms with E-state index in [0.717, 1.165) is 54.1 Å². The van der Waals surface area contributed by atoms with Gasteiger partial charge >= 0.3 is 6.09 Å². The number of benzene rings is 2. The first-order valence-electron chi connectivity index (χ1n) is 13.7. The van der Waals surface area contributed by atoms with Gasteiger partial charge < -0.3 is 25.3 Å². The van der Waals surface area contributed by atoms with Gasteiger partial charge in [-0.05, 0) is 42.4 Å². The number of aromatic amines is 1. The van der Waals surface area contributed by atoms with Gasteiger partial charge in [-0.15, -0.1) is 0 Å². The molecule has 4 atom stereocenters. The summed E-state index contributed by atoms with van der Waals surface area (Å²) in [7, 11) is 0. The van der Waals surface area contributed by atoms with E-state index in [4.69, 9.17) is 10.5 Å². The molecule has 3 N–H and O–H groups in total. The molecular weight excluding hydrogens is 464 g/mol. The van der Waals surface area contributed by atoms with Crippen LogP contribution in [0.5, 0.6) is 0 Å². The highest BCUT2D eigenvalue weighted by Gasteiger charge is 2.53. The monoisotopic (exact) mass is 500 g/mol. The zero-order chi connectivity index (χ0) is 25.4. The summed E-state index contributed by atoms with van der Waals surface area (Å²) in [5.74, 6) is 0.291. The molecule has 0 spiro atoms. The number of para-hydroxylation sites is 1. The van der Waals surface area contributed by atoms with Crippen LogP contribution in [0.4, 0.5) is 4.79 Å². The fraction of sp³-hybridized carbons (Fsp3) is 0.467. The van der Waals surface area contributed by atoms with Crippen molar-refractivity contribution in [2.75, 3.05) is 13.1 Å². The van der Waals surface area contributed by atoms with Gasteiger partial charge in [0, 0.05) is 36.1 Å². The lowest BCUT2D eigenvalue weighted by atomic mass is 9.83. The number of likely N-dealkylation sites (tertiary alicyclic amines) is 2. The number of amides is 2. The molecule has 0 bridgehead atoms. The van der Waals surface area contributed by atoms with Crippen LogP contribution >= 0.6 is 0 Å². The molecule has 37 heavy (non-hydrogen) atoms. The minimum absolute atomic E-state index is 0.00423. The second-order valence-electron chi connectivity index (χ2n) is 10.9. The van der Waals surface area contributed by atoms with E-state index in [9.17, 15) is 9.59 Å². The highest BCUT2D eigenvalue weighted by Crippen LogP contribution is 2.44. The van der Waals surface area contributed by atoms with Gasteiger partial charge in [0.25, 0.3) is 0 Å². The van der Waals surface area contributed by atoms with Crippen LogP contribution in [-0.4, -0.2) is 58.0 Å². The third kappa shape index (κ3) is 4.50. The number of H-pyrrole nitrogens is 1. The largest absolute Gasteiger partial charge is 0.445 e. The molecule has 2 aliphatic heterocycles. The van der Waals surface area contributed by atoms with Crippen LogP contribution in [0.25, 0.3) is 10.9 Å². The van der Waals surface area contributed by atoms with Crippen molar-refractivity contribution in [3.8, 4) is 0 Å². The lowest BCUT2D eigenvalue weighted by Gasteiger charge is -2.34. The van der Waals surface area contributed by atoms with Crippen LogP contribution < -0.4 is 5.73 Å². The van der Waals surface area contributed by atoms with Gasteiger partial charge in [0.05, 0.1) is 18.1 Å². The van der Waals surface area contributed by atoms with E-state index in [1.54, 1.807) is 0 Å². The maximum Gasteiger partial charge on any atom is 0.410 e. The second kappa shape index (κ2) is 10.2. The number of fused-ring (bicyclic) bond motifs is 2. The Morgan fingerprint density at radius 1 is 0.973 bits per heavy atom. The fourth-order valence-electron chi connectivity index (χ4n) is 6.92. The van der Waals surface area contributed by atoms with Gasteiger partial charge in [-0.2, -0.15) is 0 Å². The Kier molecular flexibility index (Phi) is 6.63. The van der Waals surface area contributed by atoms with E-state index >= 15 is 0 Å². The van der Waals surface area contributed by atoms with E-state index in [1.165, 1.54) is 6.42 Å². The number of nitrogens with one attached hydrogen (secondary N) is 1. The maximum absolute atomic E-state index is 13.8. The van der Waals surface area contributed by atoms with E-state index in [2.05, 4.69) is 17.1 Å². The Morgan fingerprint density at radius 3 is 2.54 bits per heavy atom. The number of aromatic nitrogens is 1. The molecule has 1 aliphatic carbocycles. The lowest BCUT2D eigenvalue weighted by Crippen LogP contribution is -2.52. The topological polar surface area (TPSA) is 91.7 Å². The van der Waals surface area contributed by atoms with Crippen LogP contribution in [0.3, 0.4) is 0 Å². The van der Waals surface area contributed by atoms with Crippen molar-refractivity contribution < 1.29 is 14.3 Å². The van der Waals surface area contributed by atoms with Crippen molar-refractivity contribution in [1.82, 2.24) is 14.8 Å². The third-order valence-electron chi connectivity index (χ3n) is 8.81. The Hall–Kier alpha value is -3.32. The summed E-state index contributed by atoms with van der Waals surface area (Å²) in [6, 6.07) is 17.3. The highest BCUT2D eigenvalue weighted by atomic mass is 16.6. The van der Waals surface area contributed by atoms with Crippen molar-refractivity contribution in [2.45, 2.75) is 69.2 Å². The molecule has 2 saturated heterocycles. The summed E-state index contributed by atoms with van der Waals surface area (Å²) in [6.45, 7) is 1.38. The fourth-order valence-corrected chi connectivity index (χ4v) is 6.92. The van der Waals surface area contributed by atoms with Crippen LogP contribution in [0.1, 0.15) is 55.6 Å². The number of hydrogen-bond donors (Lipinski definition) is 2. The average Bonchev–Trinajstić information content (AvgIpc) is 3.66. The van der Waals surface area contributed by atoms with Gasteiger partial charge in [-0.3, -0.25) is 4.79 Å². The first-order chi connectivity index (χ1) is 18.1. The highest BCUT2D eigenvalue weighted by molar-refractivity contribution is 5.86. The average molecular weight is 501 g/mol. The van der Waals surface area contributed by atoms with E-state index < -0.39 is 6.04 Å². The molecule has 1 saturated carbocycles. The van der Waals surface area contributed by atoms with Crippen molar-refractivity contribution in [2.24, 2.45) is 11.7 Å². The molecule has 4 unspecified atom stereocenters. The van der Waals surface area contributed by atoms with E-state index in [1.807, 2.05) is 58.5 Å². The van der Waals surface area contributed by atoms with Gasteiger partial charge in [-0.25, -0.2) is 4.79 Å². The minimum atomic E-state index is -0.471. The van der Waals surface area contributed by atoms with Gasteiger partial charge in [0.2, 0.25) is 5.91 Å². The molecule has 7 nitrogen and oxygen atoms in total. The SMILES string of the molecule is NC(C(=O)N1CCC2C1C(c1c[nH]c3ccccc13)CN2C(=O)OCc1ccccc1)C1CCCCC1. The standard InChI is InChI=1S/C30H36N4O3/c31-27(21-11-5-2-6-12-21)29(35)33-16-15-26-28(33)24(23-17-32-25-14-8-7-13-22(23)25)18-34(26)30(36)37-19-20-9-3-1-4-10-20/h1,3-4,7-10,13-14,17,21,24,26-28,32H,2,5-6,11-12,15-16,18-19,31H2. The predicted molar refractivity (Wildman–Crippen MR) is 143 cm³/mol. The number of carbonyl (C=O) groups excluding carboxylic acids is 2. The summed E-state index contributed by atoms with van der Waals surface area (Å²) >= 11 is 0. The summed E-state index contributed by atoms with van der Waals surface area (Å²) in [5, 5.41) is 1.14. The molecule has 3 aliphatic rings. The summed E-state index contributed by atoms with van der Waals surface area (Å²) < 4.78 is 5.76. The molecule has 0 radical (unpaired) electrons. The molecular formula is C30H36N4O3. The molecule has 3 fully saturated rings.